The standard InChI is InChI=1S/C26H36N4O3S/c1-32-23-10-9-19(13-24(23)33-2)21-15-28-26(29-16-21)34-17-25(31)30-22(12-18-6-3-4-7-18)20-8-5-11-27-14-20/h9-10,13,15-16,18,20,22,27H,3-8,11-12,14,17H2,1-2H3,(H,30,31). The van der Waals surface area contributed by atoms with Crippen molar-refractivity contribution in [2.45, 2.75) is 56.1 Å². The minimum atomic E-state index is 0.0751. The number of amides is 1. The average Bonchev–Trinajstić information content (AvgIpc) is 3.40. The molecule has 2 fully saturated rings. The highest BCUT2D eigenvalue weighted by Gasteiger charge is 2.29. The Morgan fingerprint density at radius 2 is 1.85 bits per heavy atom. The van der Waals surface area contributed by atoms with Gasteiger partial charge in [-0.1, -0.05) is 43.5 Å². The molecule has 1 aliphatic heterocycles. The fourth-order valence-electron chi connectivity index (χ4n) is 5.13. The van der Waals surface area contributed by atoms with E-state index in [2.05, 4.69) is 20.6 Å². The Morgan fingerprint density at radius 3 is 2.53 bits per heavy atom. The first-order valence-electron chi connectivity index (χ1n) is 12.3. The second kappa shape index (κ2) is 12.4. The van der Waals surface area contributed by atoms with Crippen molar-refractivity contribution >= 4 is 17.7 Å². The van der Waals surface area contributed by atoms with Crippen LogP contribution in [0, 0.1) is 11.8 Å². The molecule has 1 aromatic carbocycles. The van der Waals surface area contributed by atoms with Gasteiger partial charge in [0.05, 0.1) is 20.0 Å². The molecule has 2 unspecified atom stereocenters. The van der Waals surface area contributed by atoms with Crippen LogP contribution in [0.1, 0.15) is 44.9 Å². The van der Waals surface area contributed by atoms with Crippen molar-refractivity contribution in [2.75, 3.05) is 33.1 Å². The van der Waals surface area contributed by atoms with Gasteiger partial charge in [0, 0.05) is 24.0 Å². The monoisotopic (exact) mass is 484 g/mol. The molecule has 1 amide bonds. The molecule has 1 aromatic heterocycles. The molecule has 1 saturated carbocycles. The third kappa shape index (κ3) is 6.63. The molecule has 0 radical (unpaired) electrons. The predicted octanol–water partition coefficient (Wildman–Crippen LogP) is 4.32. The summed E-state index contributed by atoms with van der Waals surface area (Å²) in [6.45, 7) is 2.10. The Kier molecular flexibility index (Phi) is 9.04. The van der Waals surface area contributed by atoms with Gasteiger partial charge in [0.2, 0.25) is 5.91 Å². The molecule has 1 aliphatic carbocycles. The zero-order valence-corrected chi connectivity index (χ0v) is 21.0. The second-order valence-corrected chi connectivity index (χ2v) is 10.2. The van der Waals surface area contributed by atoms with Gasteiger partial charge in [0.1, 0.15) is 0 Å². The van der Waals surface area contributed by atoms with E-state index in [9.17, 15) is 4.79 Å². The highest BCUT2D eigenvalue weighted by Crippen LogP contribution is 2.33. The van der Waals surface area contributed by atoms with Crippen molar-refractivity contribution in [3.63, 3.8) is 0 Å². The van der Waals surface area contributed by atoms with E-state index in [1.165, 1.54) is 50.3 Å². The lowest BCUT2D eigenvalue weighted by Gasteiger charge is -2.33. The Bertz CT molecular complexity index is 928. The van der Waals surface area contributed by atoms with E-state index >= 15 is 0 Å². The Hall–Kier alpha value is -2.32. The molecule has 2 heterocycles. The minimum absolute atomic E-state index is 0.0751. The van der Waals surface area contributed by atoms with Gasteiger partial charge in [-0.25, -0.2) is 9.97 Å². The number of hydrogen-bond donors (Lipinski definition) is 2. The Labute approximate surface area is 206 Å². The summed E-state index contributed by atoms with van der Waals surface area (Å²) in [5.41, 5.74) is 1.83. The van der Waals surface area contributed by atoms with Gasteiger partial charge in [-0.05, 0) is 61.9 Å². The highest BCUT2D eigenvalue weighted by atomic mass is 32.2. The van der Waals surface area contributed by atoms with Crippen LogP contribution in [0.2, 0.25) is 0 Å². The largest absolute Gasteiger partial charge is 0.493 e. The van der Waals surface area contributed by atoms with Crippen molar-refractivity contribution in [3.05, 3.63) is 30.6 Å². The van der Waals surface area contributed by atoms with Crippen LogP contribution in [0.15, 0.2) is 35.7 Å². The first-order valence-corrected chi connectivity index (χ1v) is 13.3. The molecule has 2 aliphatic rings. The van der Waals surface area contributed by atoms with Gasteiger partial charge in [0.25, 0.3) is 0 Å². The number of ether oxygens (including phenoxy) is 2. The van der Waals surface area contributed by atoms with Crippen molar-refractivity contribution in [1.29, 1.82) is 0 Å². The van der Waals surface area contributed by atoms with Gasteiger partial charge in [-0.2, -0.15) is 0 Å². The topological polar surface area (TPSA) is 85.4 Å². The molecular weight excluding hydrogens is 448 g/mol. The molecule has 2 aromatic rings. The predicted molar refractivity (Wildman–Crippen MR) is 135 cm³/mol. The maximum atomic E-state index is 12.8. The fourth-order valence-corrected chi connectivity index (χ4v) is 5.73. The minimum Gasteiger partial charge on any atom is -0.493 e. The zero-order valence-electron chi connectivity index (χ0n) is 20.2. The number of benzene rings is 1. The average molecular weight is 485 g/mol. The molecule has 2 N–H and O–H groups in total. The Balaban J connectivity index is 1.32. The van der Waals surface area contributed by atoms with Gasteiger partial charge in [0.15, 0.2) is 16.7 Å². The summed E-state index contributed by atoms with van der Waals surface area (Å²) in [6.07, 6.45) is 12.3. The molecule has 0 spiro atoms. The van der Waals surface area contributed by atoms with Crippen LogP contribution >= 0.6 is 11.8 Å². The fraction of sp³-hybridized carbons (Fsp3) is 0.577. The van der Waals surface area contributed by atoms with Crippen molar-refractivity contribution in [3.8, 4) is 22.6 Å². The van der Waals surface area contributed by atoms with E-state index in [0.717, 1.165) is 36.6 Å². The summed E-state index contributed by atoms with van der Waals surface area (Å²) < 4.78 is 10.7. The molecule has 2 atom stereocenters. The van der Waals surface area contributed by atoms with Crippen LogP contribution in [0.4, 0.5) is 0 Å². The van der Waals surface area contributed by atoms with Crippen LogP contribution in [0.5, 0.6) is 11.5 Å². The smallest absolute Gasteiger partial charge is 0.230 e. The van der Waals surface area contributed by atoms with Crippen LogP contribution in [0.3, 0.4) is 0 Å². The summed E-state index contributed by atoms with van der Waals surface area (Å²) >= 11 is 1.38. The number of hydrogen-bond acceptors (Lipinski definition) is 7. The number of aromatic nitrogens is 2. The normalized spacial score (nSPS) is 19.5. The molecule has 1 saturated heterocycles. The molecule has 4 rings (SSSR count). The van der Waals surface area contributed by atoms with E-state index in [1.54, 1.807) is 26.6 Å². The summed E-state index contributed by atoms with van der Waals surface area (Å²) in [5, 5.41) is 7.48. The first-order chi connectivity index (χ1) is 16.7. The van der Waals surface area contributed by atoms with E-state index in [1.807, 2.05) is 18.2 Å². The Morgan fingerprint density at radius 1 is 1.09 bits per heavy atom. The number of rotatable bonds is 10. The number of nitrogens with one attached hydrogen (secondary N) is 2. The second-order valence-electron chi connectivity index (χ2n) is 9.28. The maximum absolute atomic E-state index is 12.8. The van der Waals surface area contributed by atoms with Crippen LogP contribution in [0.25, 0.3) is 11.1 Å². The number of nitrogens with zero attached hydrogens (tertiary/aromatic N) is 2. The quantitative estimate of drug-likeness (QED) is 0.384. The summed E-state index contributed by atoms with van der Waals surface area (Å²) in [6, 6.07) is 5.98. The number of carbonyl (C=O) groups is 1. The molecule has 8 heteroatoms. The molecule has 0 bridgehead atoms. The lowest BCUT2D eigenvalue weighted by atomic mass is 9.85. The van der Waals surface area contributed by atoms with E-state index in [4.69, 9.17) is 9.47 Å². The maximum Gasteiger partial charge on any atom is 0.230 e. The van der Waals surface area contributed by atoms with Gasteiger partial charge in [-0.3, -0.25) is 4.79 Å². The van der Waals surface area contributed by atoms with E-state index < -0.39 is 0 Å². The number of piperidine rings is 1. The summed E-state index contributed by atoms with van der Waals surface area (Å²) in [5.74, 6) is 3.03. The van der Waals surface area contributed by atoms with E-state index in [0.29, 0.717) is 28.3 Å². The van der Waals surface area contributed by atoms with Crippen molar-refractivity contribution in [1.82, 2.24) is 20.6 Å². The SMILES string of the molecule is COc1ccc(-c2cnc(SCC(=O)NC(CC3CCCC3)C3CCCNC3)nc2)cc1OC. The third-order valence-corrected chi connectivity index (χ3v) is 7.87. The number of carbonyl (C=O) groups excluding carboxylic acids is 1. The zero-order chi connectivity index (χ0) is 23.8. The lowest BCUT2D eigenvalue weighted by molar-refractivity contribution is -0.119. The van der Waals surface area contributed by atoms with Gasteiger partial charge in [-0.15, -0.1) is 0 Å². The molecule has 7 nitrogen and oxygen atoms in total. The molecule has 34 heavy (non-hydrogen) atoms. The van der Waals surface area contributed by atoms with E-state index in [-0.39, 0.29) is 11.9 Å². The van der Waals surface area contributed by atoms with Crippen molar-refractivity contribution < 1.29 is 14.3 Å². The van der Waals surface area contributed by atoms with Crippen LogP contribution in [-0.4, -0.2) is 55.0 Å². The summed E-state index contributed by atoms with van der Waals surface area (Å²) in [4.78, 5) is 21.8. The molecule has 184 valence electrons. The lowest BCUT2D eigenvalue weighted by Crippen LogP contribution is -2.47. The van der Waals surface area contributed by atoms with Crippen molar-refractivity contribution in [2.24, 2.45) is 11.8 Å². The highest BCUT2D eigenvalue weighted by molar-refractivity contribution is 7.99. The number of methoxy groups -OCH3 is 2. The van der Waals surface area contributed by atoms with Gasteiger partial charge < -0.3 is 20.1 Å². The third-order valence-electron chi connectivity index (χ3n) is 6.99. The molecular formula is C26H36N4O3S. The van der Waals surface area contributed by atoms with Crippen LogP contribution in [-0.2, 0) is 4.79 Å². The summed E-state index contributed by atoms with van der Waals surface area (Å²) in [7, 11) is 3.23. The van der Waals surface area contributed by atoms with Crippen LogP contribution < -0.4 is 20.1 Å². The number of thioether (sulfide) groups is 1. The first kappa shape index (κ1) is 24.8. The van der Waals surface area contributed by atoms with Gasteiger partial charge >= 0.3 is 0 Å².